The average molecular weight is 1720 g/mol. The standard InChI is InChI=1S/2C33H38N2O2.2C5H5N.2CHF3O3S.2O.U/c2*1-32(2,3)28-18-24(30(36)26(20-28)22-34-13-9-7-10-14-34)17-25-19-29(33(4,5)6)21-27(31(25)37)23-35-15-11-8-12-16-35;2*1-2-4-6-5-3-1;2*2-1(3,4)8(5,6)7;;;/h2*7-16,18-21H,17,22-23H2,1-6H3;2*1-5H;2*(H,5,6,7);;;/q;;;;;;2*-2;/p-2. The number of benzene rings is 4. The Hall–Kier alpha value is -8.65. The summed E-state index contributed by atoms with van der Waals surface area (Å²) < 4.78 is 126. The van der Waals surface area contributed by atoms with Gasteiger partial charge in [0.1, 0.15) is 0 Å². The topological polar surface area (TPSA) is 305 Å². The number of halogens is 6. The van der Waals surface area contributed by atoms with Crippen LogP contribution in [0.3, 0.4) is 0 Å². The fourth-order valence-electron chi connectivity index (χ4n) is 9.73. The van der Waals surface area contributed by atoms with Crippen molar-refractivity contribution in [1.82, 2.24) is 9.97 Å². The number of nitrogens with zero attached hydrogens (tertiary/aromatic N) is 6. The zero-order chi connectivity index (χ0) is 76.1. The fourth-order valence-corrected chi connectivity index (χ4v) is 9.73. The third-order valence-corrected chi connectivity index (χ3v) is 16.6. The van der Waals surface area contributed by atoms with Gasteiger partial charge in [0.15, 0.2) is 96.0 Å². The van der Waals surface area contributed by atoms with Crippen molar-refractivity contribution in [3.8, 4) is 23.0 Å². The summed E-state index contributed by atoms with van der Waals surface area (Å²) in [5.74, 6) is 0.0700. The summed E-state index contributed by atoms with van der Waals surface area (Å²) in [7, 11) is -12.2. The van der Waals surface area contributed by atoms with E-state index < -0.39 is 31.3 Å². The van der Waals surface area contributed by atoms with Crippen molar-refractivity contribution in [3.63, 3.8) is 0 Å². The van der Waals surface area contributed by atoms with Gasteiger partial charge < -0.3 is 40.5 Å². The number of pyridine rings is 6. The molecule has 6 aromatic heterocycles. The first kappa shape index (κ1) is 92.4. The zero-order valence-corrected chi connectivity index (χ0v) is 66.1. The van der Waals surface area contributed by atoms with Crippen LogP contribution in [0.1, 0.15) is 150 Å². The molecule has 0 N–H and O–H groups in total. The Morgan fingerprint density at radius 1 is 0.305 bits per heavy atom. The van der Waals surface area contributed by atoms with E-state index in [0.29, 0.717) is 61.3 Å². The molecular formula is C78H86F6N6O12S2U-6. The van der Waals surface area contributed by atoms with E-state index >= 15 is 0 Å². The average Bonchev–Trinajstić information content (AvgIpc) is 0.789. The van der Waals surface area contributed by atoms with Crippen molar-refractivity contribution in [2.24, 2.45) is 0 Å². The van der Waals surface area contributed by atoms with Crippen molar-refractivity contribution in [3.05, 3.63) is 299 Å². The molecule has 6 heterocycles. The molecule has 0 fully saturated rings. The number of alkyl halides is 6. The van der Waals surface area contributed by atoms with Gasteiger partial charge in [0.25, 0.3) is 0 Å². The van der Waals surface area contributed by atoms with Gasteiger partial charge in [-0.1, -0.05) is 189 Å². The normalized spacial score (nSPS) is 11.5. The van der Waals surface area contributed by atoms with Crippen LogP contribution in [0.2, 0.25) is 0 Å². The maximum Gasteiger partial charge on any atom is 0.485 e. The van der Waals surface area contributed by atoms with E-state index in [0.717, 1.165) is 44.5 Å². The van der Waals surface area contributed by atoms with E-state index in [2.05, 4.69) is 93.1 Å². The summed E-state index contributed by atoms with van der Waals surface area (Å²) in [4.78, 5) is 7.57. The molecular weight excluding hydrogens is 1630 g/mol. The molecule has 564 valence electrons. The molecule has 0 spiro atoms. The van der Waals surface area contributed by atoms with Gasteiger partial charge in [0, 0.05) is 127 Å². The van der Waals surface area contributed by atoms with Crippen molar-refractivity contribution in [2.75, 3.05) is 0 Å². The molecule has 0 aliphatic carbocycles. The van der Waals surface area contributed by atoms with Crippen molar-refractivity contribution in [2.45, 2.75) is 155 Å². The molecule has 10 rings (SSSR count). The van der Waals surface area contributed by atoms with Crippen LogP contribution in [0, 0.1) is 31.1 Å². The fraction of sp³-hybridized carbons (Fsp3) is 0.308. The van der Waals surface area contributed by atoms with Gasteiger partial charge in [-0.15, -0.1) is 0 Å². The van der Waals surface area contributed by atoms with Crippen molar-refractivity contribution in [1.29, 1.82) is 0 Å². The summed E-state index contributed by atoms with van der Waals surface area (Å²) in [5.41, 5.74) is -1.65. The van der Waals surface area contributed by atoms with E-state index in [4.69, 9.17) is 25.9 Å². The molecule has 0 radical (unpaired) electrons. The predicted molar refractivity (Wildman–Crippen MR) is 368 cm³/mol. The van der Waals surface area contributed by atoms with Crippen molar-refractivity contribution < 1.29 is 133 Å². The second-order valence-corrected chi connectivity index (χ2v) is 30.6. The third kappa shape index (κ3) is 30.4. The summed E-state index contributed by atoms with van der Waals surface area (Å²) in [6, 6.07) is 51.2. The van der Waals surface area contributed by atoms with Crippen LogP contribution in [-0.4, -0.2) is 46.9 Å². The second kappa shape index (κ2) is 40.2. The molecule has 0 aliphatic rings. The molecule has 0 aliphatic heterocycles. The van der Waals surface area contributed by atoms with Gasteiger partial charge in [-0.3, -0.25) is 9.97 Å². The Morgan fingerprint density at radius 3 is 0.581 bits per heavy atom. The summed E-state index contributed by atoms with van der Waals surface area (Å²) in [5, 5.41) is 54.8. The first-order valence-corrected chi connectivity index (χ1v) is 35.0. The Kier molecular flexibility index (Phi) is 35.4. The van der Waals surface area contributed by atoms with Crippen LogP contribution in [0.4, 0.5) is 26.3 Å². The monoisotopic (exact) mass is 1710 g/mol. The molecule has 0 saturated carbocycles. The van der Waals surface area contributed by atoms with E-state index in [1.165, 1.54) is 0 Å². The van der Waals surface area contributed by atoms with Crippen LogP contribution in [0.15, 0.2) is 232 Å². The van der Waals surface area contributed by atoms with Gasteiger partial charge in [0.2, 0.25) is 0 Å². The summed E-state index contributed by atoms with van der Waals surface area (Å²) in [6.45, 7) is 27.9. The van der Waals surface area contributed by atoms with Gasteiger partial charge in [0.05, 0.1) is 0 Å². The van der Waals surface area contributed by atoms with E-state index in [9.17, 15) is 46.8 Å². The maximum atomic E-state index is 13.7. The Labute approximate surface area is 635 Å². The van der Waals surface area contributed by atoms with Crippen LogP contribution >= 0.6 is 0 Å². The minimum Gasteiger partial charge on any atom is -2.00 e. The summed E-state index contributed by atoms with van der Waals surface area (Å²) in [6.07, 6.45) is 23.4. The minimum absolute atomic E-state index is 0. The number of hydrogen-bond acceptors (Lipinski definition) is 12. The molecule has 0 amide bonds. The first-order valence-electron chi connectivity index (χ1n) is 32.2. The molecule has 27 heteroatoms. The second-order valence-electron chi connectivity index (χ2n) is 27.9. The van der Waals surface area contributed by atoms with Gasteiger partial charge in [-0.05, 0) is 105 Å². The SMILES string of the molecule is CC(C)(C)c1cc(Cc2cc(C(C)(C)C)cc(C[n+]3ccccc3)c2[O-])c([O-])c(C[n+]2ccccc2)c1.CC(C)(C)c1cc(Cc2cc(C(C)(C)C)cc(C[n+]3ccccc3)c2[O-])c([O-])c(C[n+]2ccccc2)c1.O=S(=O)([O-])C(F)(F)F.O=S(=O)([O-])C(F)(F)F.[O-2].[O-2].[U].c1ccncc1.c1ccncc1. The molecule has 105 heavy (non-hydrogen) atoms. The first-order chi connectivity index (χ1) is 47.3. The molecule has 0 bridgehead atoms. The smallest absolute Gasteiger partial charge is 0.485 e. The maximum absolute atomic E-state index is 13.7. The Bertz CT molecular complexity index is 3960. The molecule has 10 aromatic rings. The van der Waals surface area contributed by atoms with Crippen LogP contribution in [-0.2, 0) is 91.9 Å². The molecule has 0 atom stereocenters. The number of hydrogen-bond donors (Lipinski definition) is 0. The third-order valence-electron chi connectivity index (χ3n) is 15.4. The van der Waals surface area contributed by atoms with Gasteiger partial charge in [-0.25, -0.2) is 35.1 Å². The molecule has 4 aromatic carbocycles. The zero-order valence-electron chi connectivity index (χ0n) is 60.3. The summed E-state index contributed by atoms with van der Waals surface area (Å²) >= 11 is 0. The molecule has 18 nitrogen and oxygen atoms in total. The van der Waals surface area contributed by atoms with Crippen LogP contribution in [0.5, 0.6) is 23.0 Å². The largest absolute Gasteiger partial charge is 2.00 e. The quantitative estimate of drug-likeness (QED) is 0.0477. The van der Waals surface area contributed by atoms with Crippen LogP contribution < -0.4 is 38.7 Å². The molecule has 0 saturated heterocycles. The Balaban J connectivity index is 0.000000510. The minimum atomic E-state index is -6.09. The number of aromatic nitrogens is 6. The van der Waals surface area contributed by atoms with E-state index in [1.807, 2.05) is 226 Å². The van der Waals surface area contributed by atoms with Crippen LogP contribution in [0.25, 0.3) is 0 Å². The molecule has 0 unspecified atom stereocenters. The predicted octanol–water partition coefficient (Wildman–Crippen LogP) is 11.4. The van der Waals surface area contributed by atoms with E-state index in [-0.39, 0.29) is 86.7 Å². The van der Waals surface area contributed by atoms with Crippen molar-refractivity contribution >= 4 is 20.2 Å². The number of rotatable bonds is 12. The van der Waals surface area contributed by atoms with E-state index in [1.54, 1.807) is 24.8 Å². The van der Waals surface area contributed by atoms with Gasteiger partial charge in [-0.2, -0.15) is 26.3 Å². The van der Waals surface area contributed by atoms with Gasteiger partial charge >= 0.3 is 11.0 Å². The Morgan fingerprint density at radius 2 is 0.457 bits per heavy atom.